The Balaban J connectivity index is 1.78. The first kappa shape index (κ1) is 17.1. The van der Waals surface area contributed by atoms with Gasteiger partial charge in [-0.15, -0.1) is 0 Å². The minimum absolute atomic E-state index is 0.130. The van der Waals surface area contributed by atoms with Gasteiger partial charge in [-0.3, -0.25) is 5.32 Å². The normalized spacial score (nSPS) is 19.0. The van der Waals surface area contributed by atoms with Gasteiger partial charge in [0.25, 0.3) is 0 Å². The second kappa shape index (κ2) is 6.74. The Morgan fingerprint density at radius 3 is 2.54 bits per heavy atom. The monoisotopic (exact) mass is 351 g/mol. The van der Waals surface area contributed by atoms with Gasteiger partial charge in [-0.2, -0.15) is 0 Å². The molecule has 0 unspecified atom stereocenters. The maximum atomic E-state index is 11.7. The first-order valence-corrected chi connectivity index (χ1v) is 9.23. The third-order valence-electron chi connectivity index (χ3n) is 5.76. The van der Waals surface area contributed by atoms with Crippen LogP contribution in [0.2, 0.25) is 0 Å². The third kappa shape index (κ3) is 2.97. The highest BCUT2D eigenvalue weighted by Gasteiger charge is 2.39. The van der Waals surface area contributed by atoms with Gasteiger partial charge >= 0.3 is 5.97 Å². The van der Waals surface area contributed by atoms with Crippen molar-refractivity contribution in [2.75, 3.05) is 31.2 Å². The lowest BCUT2D eigenvalue weighted by Crippen LogP contribution is -2.50. The minimum Gasteiger partial charge on any atom is -0.478 e. The van der Waals surface area contributed by atoms with Crippen LogP contribution in [0.1, 0.15) is 28.8 Å². The summed E-state index contributed by atoms with van der Waals surface area (Å²) in [5.41, 5.74) is 4.61. The molecule has 0 amide bonds. The summed E-state index contributed by atoms with van der Waals surface area (Å²) in [7, 11) is 0. The number of hydrogen-bond donors (Lipinski definition) is 3. The van der Waals surface area contributed by atoms with Crippen molar-refractivity contribution in [3.8, 4) is 11.1 Å². The number of aromatic carboxylic acids is 1. The number of nitrogens with zero attached hydrogens (tertiary/aromatic N) is 1. The lowest BCUT2D eigenvalue weighted by atomic mass is 9.89. The predicted octanol–water partition coefficient (Wildman–Crippen LogP) is 2.85. The summed E-state index contributed by atoms with van der Waals surface area (Å²) in [5, 5.41) is 16.7. The van der Waals surface area contributed by atoms with Crippen LogP contribution in [0.25, 0.3) is 11.1 Å². The van der Waals surface area contributed by atoms with E-state index in [1.807, 2.05) is 31.2 Å². The lowest BCUT2D eigenvalue weighted by Gasteiger charge is -2.34. The van der Waals surface area contributed by atoms with E-state index in [0.29, 0.717) is 5.56 Å². The zero-order valence-electron chi connectivity index (χ0n) is 15.1. The first-order valence-electron chi connectivity index (χ1n) is 9.23. The molecule has 3 N–H and O–H groups in total. The summed E-state index contributed by atoms with van der Waals surface area (Å²) >= 11 is 0. The number of carbonyl (C=O) groups is 1. The zero-order chi connectivity index (χ0) is 18.1. The third-order valence-corrected chi connectivity index (χ3v) is 5.76. The highest BCUT2D eigenvalue weighted by atomic mass is 16.4. The molecule has 2 aliphatic rings. The van der Waals surface area contributed by atoms with Crippen LogP contribution in [0.15, 0.2) is 42.5 Å². The molecule has 1 spiro atoms. The molecular weight excluding hydrogens is 326 g/mol. The van der Waals surface area contributed by atoms with Gasteiger partial charge in [0.05, 0.1) is 12.2 Å². The Bertz CT molecular complexity index is 814. The summed E-state index contributed by atoms with van der Waals surface area (Å²) in [6.45, 7) is 5.65. The smallest absolute Gasteiger partial charge is 0.336 e. The molecule has 2 heterocycles. The Hall–Kier alpha value is -2.37. The quantitative estimate of drug-likeness (QED) is 0.794. The molecule has 2 aromatic carbocycles. The van der Waals surface area contributed by atoms with E-state index in [1.165, 1.54) is 0 Å². The first-order chi connectivity index (χ1) is 12.6. The van der Waals surface area contributed by atoms with Crippen molar-refractivity contribution < 1.29 is 9.90 Å². The van der Waals surface area contributed by atoms with Crippen LogP contribution < -0.4 is 15.5 Å². The van der Waals surface area contributed by atoms with Crippen LogP contribution in [0.4, 0.5) is 5.69 Å². The Labute approximate surface area is 154 Å². The molecule has 2 aliphatic heterocycles. The molecule has 2 saturated heterocycles. The number of rotatable bonds is 3. The van der Waals surface area contributed by atoms with Crippen LogP contribution >= 0.6 is 0 Å². The van der Waals surface area contributed by atoms with Crippen LogP contribution in [0.5, 0.6) is 0 Å². The predicted molar refractivity (Wildman–Crippen MR) is 104 cm³/mol. The Morgan fingerprint density at radius 1 is 1.12 bits per heavy atom. The molecule has 136 valence electrons. The summed E-state index contributed by atoms with van der Waals surface area (Å²) in [4.78, 5) is 14.0. The molecular formula is C21H25N3O2. The Kier molecular flexibility index (Phi) is 4.42. The number of nitrogens with one attached hydrogen (secondary N) is 2. The zero-order valence-corrected chi connectivity index (χ0v) is 15.1. The number of piperidine rings is 1. The van der Waals surface area contributed by atoms with E-state index in [9.17, 15) is 9.90 Å². The van der Waals surface area contributed by atoms with Gasteiger partial charge < -0.3 is 15.3 Å². The number of carboxylic acid groups (broad SMARTS) is 1. The van der Waals surface area contributed by atoms with E-state index in [1.54, 1.807) is 6.07 Å². The summed E-state index contributed by atoms with van der Waals surface area (Å²) in [5.74, 6) is -0.868. The molecule has 0 bridgehead atoms. The Morgan fingerprint density at radius 2 is 1.85 bits per heavy atom. The van der Waals surface area contributed by atoms with Crippen LogP contribution in [-0.2, 0) is 0 Å². The average Bonchev–Trinajstić information content (AvgIpc) is 3.05. The summed E-state index contributed by atoms with van der Waals surface area (Å²) < 4.78 is 0. The van der Waals surface area contributed by atoms with Gasteiger partial charge in [0.1, 0.15) is 0 Å². The van der Waals surface area contributed by atoms with E-state index < -0.39 is 5.97 Å². The van der Waals surface area contributed by atoms with Gasteiger partial charge in [-0.1, -0.05) is 36.4 Å². The fourth-order valence-corrected chi connectivity index (χ4v) is 4.33. The molecule has 5 heteroatoms. The van der Waals surface area contributed by atoms with Gasteiger partial charge in [0.2, 0.25) is 0 Å². The average molecular weight is 351 g/mol. The largest absolute Gasteiger partial charge is 0.478 e. The number of benzene rings is 2. The van der Waals surface area contributed by atoms with Crippen LogP contribution in [0, 0.1) is 6.92 Å². The SMILES string of the molecule is Cc1c(C(=O)O)ccc(-c2ccccc2)c1N1CNC2(CCNCC2)C1. The second-order valence-electron chi connectivity index (χ2n) is 7.37. The van der Waals surface area contributed by atoms with E-state index in [-0.39, 0.29) is 5.54 Å². The number of carboxylic acids is 1. The van der Waals surface area contributed by atoms with Crippen molar-refractivity contribution in [1.82, 2.24) is 10.6 Å². The van der Waals surface area contributed by atoms with E-state index in [4.69, 9.17) is 0 Å². The highest BCUT2D eigenvalue weighted by molar-refractivity contribution is 5.95. The van der Waals surface area contributed by atoms with Crippen LogP contribution in [0.3, 0.4) is 0 Å². The maximum Gasteiger partial charge on any atom is 0.336 e. The lowest BCUT2D eigenvalue weighted by molar-refractivity contribution is 0.0696. The van der Waals surface area contributed by atoms with Crippen molar-refractivity contribution in [1.29, 1.82) is 0 Å². The topological polar surface area (TPSA) is 64.6 Å². The second-order valence-corrected chi connectivity index (χ2v) is 7.37. The maximum absolute atomic E-state index is 11.7. The summed E-state index contributed by atoms with van der Waals surface area (Å²) in [6, 6.07) is 13.9. The van der Waals surface area contributed by atoms with Crippen molar-refractivity contribution in [3.63, 3.8) is 0 Å². The van der Waals surface area contributed by atoms with Gasteiger partial charge in [0, 0.05) is 23.3 Å². The molecule has 0 radical (unpaired) electrons. The van der Waals surface area contributed by atoms with Crippen molar-refractivity contribution in [3.05, 3.63) is 53.6 Å². The van der Waals surface area contributed by atoms with Crippen molar-refractivity contribution >= 4 is 11.7 Å². The molecule has 4 rings (SSSR count). The molecule has 0 atom stereocenters. The summed E-state index contributed by atoms with van der Waals surface area (Å²) in [6.07, 6.45) is 2.20. The van der Waals surface area contributed by atoms with E-state index in [0.717, 1.165) is 61.5 Å². The van der Waals surface area contributed by atoms with E-state index >= 15 is 0 Å². The molecule has 0 aliphatic carbocycles. The van der Waals surface area contributed by atoms with Gasteiger partial charge in [-0.25, -0.2) is 4.79 Å². The van der Waals surface area contributed by atoms with Gasteiger partial charge in [-0.05, 0) is 50.0 Å². The fourth-order valence-electron chi connectivity index (χ4n) is 4.33. The highest BCUT2D eigenvalue weighted by Crippen LogP contribution is 2.38. The molecule has 0 aromatic heterocycles. The molecule has 2 aromatic rings. The van der Waals surface area contributed by atoms with Crippen molar-refractivity contribution in [2.45, 2.75) is 25.3 Å². The standard InChI is InChI=1S/C21H25N3O2/c1-15-17(20(25)26)7-8-18(16-5-3-2-4-6-16)19(15)24-13-21(23-14-24)9-11-22-12-10-21/h2-8,22-23H,9-14H2,1H3,(H,25,26). The molecule has 5 nitrogen and oxygen atoms in total. The molecule has 2 fully saturated rings. The molecule has 26 heavy (non-hydrogen) atoms. The van der Waals surface area contributed by atoms with Crippen molar-refractivity contribution in [2.24, 2.45) is 0 Å². The number of anilines is 1. The van der Waals surface area contributed by atoms with Crippen LogP contribution in [-0.4, -0.2) is 42.9 Å². The van der Waals surface area contributed by atoms with E-state index in [2.05, 4.69) is 27.7 Å². The fraction of sp³-hybridized carbons (Fsp3) is 0.381. The minimum atomic E-state index is -0.868. The van der Waals surface area contributed by atoms with Gasteiger partial charge in [0.15, 0.2) is 0 Å². The number of hydrogen-bond acceptors (Lipinski definition) is 4. The molecule has 0 saturated carbocycles.